The molecule has 0 unspecified atom stereocenters. The van der Waals surface area contributed by atoms with Crippen LogP contribution in [0.25, 0.3) is 0 Å². The maximum atomic E-state index is 11.4. The van der Waals surface area contributed by atoms with Gasteiger partial charge in [-0.05, 0) is 6.42 Å². The average Bonchev–Trinajstić information content (AvgIpc) is 2.83. The second-order valence-electron chi connectivity index (χ2n) is 5.15. The maximum absolute atomic E-state index is 11.4. The van der Waals surface area contributed by atoms with Crippen molar-refractivity contribution in [3.05, 3.63) is 11.7 Å². The fourth-order valence-electron chi connectivity index (χ4n) is 2.20. The molecule has 7 nitrogen and oxygen atoms in total. The van der Waals surface area contributed by atoms with Crippen molar-refractivity contribution in [3.63, 3.8) is 0 Å². The summed E-state index contributed by atoms with van der Waals surface area (Å²) in [5, 5.41) is 3.95. The van der Waals surface area contributed by atoms with Crippen molar-refractivity contribution in [2.24, 2.45) is 0 Å². The smallest absolute Gasteiger partial charge is 0.240 e. The maximum Gasteiger partial charge on any atom is 0.240 e. The Labute approximate surface area is 120 Å². The Bertz CT molecular complexity index is 521. The van der Waals surface area contributed by atoms with E-state index in [1.54, 1.807) is 0 Å². The summed E-state index contributed by atoms with van der Waals surface area (Å²) < 4.78 is 29.6. The lowest BCUT2D eigenvalue weighted by Gasteiger charge is -2.32. The van der Waals surface area contributed by atoms with Crippen molar-refractivity contribution in [1.29, 1.82) is 0 Å². The number of unbranched alkanes of at least 4 members (excludes halogenated alkanes) is 1. The molecule has 0 radical (unpaired) electrons. The van der Waals surface area contributed by atoms with Crippen LogP contribution < -0.4 is 0 Å². The molecular weight excluding hydrogens is 280 g/mol. The van der Waals surface area contributed by atoms with Gasteiger partial charge in [0.2, 0.25) is 15.9 Å². The second-order valence-corrected chi connectivity index (χ2v) is 7.13. The van der Waals surface area contributed by atoms with Gasteiger partial charge in [0.05, 0.1) is 12.8 Å². The van der Waals surface area contributed by atoms with Crippen molar-refractivity contribution in [2.45, 2.75) is 32.7 Å². The van der Waals surface area contributed by atoms with E-state index in [1.807, 2.05) is 0 Å². The molecule has 1 fully saturated rings. The molecule has 1 aliphatic rings. The van der Waals surface area contributed by atoms with Crippen molar-refractivity contribution in [1.82, 2.24) is 19.3 Å². The third-order valence-electron chi connectivity index (χ3n) is 3.42. The van der Waals surface area contributed by atoms with Crippen LogP contribution in [-0.4, -0.2) is 60.2 Å². The van der Waals surface area contributed by atoms with E-state index in [4.69, 9.17) is 4.52 Å². The monoisotopic (exact) mass is 302 g/mol. The molecule has 1 aromatic heterocycles. The van der Waals surface area contributed by atoms with Crippen molar-refractivity contribution >= 4 is 10.0 Å². The number of hydrogen-bond donors (Lipinski definition) is 0. The summed E-state index contributed by atoms with van der Waals surface area (Å²) in [6.45, 7) is 5.16. The van der Waals surface area contributed by atoms with Crippen LogP contribution in [0.3, 0.4) is 0 Å². The van der Waals surface area contributed by atoms with Gasteiger partial charge in [-0.1, -0.05) is 18.5 Å². The minimum absolute atomic E-state index is 0.523. The summed E-state index contributed by atoms with van der Waals surface area (Å²) in [5.41, 5.74) is 0. The zero-order valence-electron chi connectivity index (χ0n) is 12.1. The lowest BCUT2D eigenvalue weighted by Crippen LogP contribution is -2.47. The summed E-state index contributed by atoms with van der Waals surface area (Å²) in [6.07, 6.45) is 4.27. The van der Waals surface area contributed by atoms with Crippen molar-refractivity contribution in [2.75, 3.05) is 32.4 Å². The fraction of sp³-hybridized carbons (Fsp3) is 0.833. The molecule has 1 saturated heterocycles. The van der Waals surface area contributed by atoms with Crippen LogP contribution in [0.4, 0.5) is 0 Å². The normalized spacial score (nSPS) is 18.5. The first-order chi connectivity index (χ1) is 9.49. The minimum atomic E-state index is -3.07. The number of sulfonamides is 1. The van der Waals surface area contributed by atoms with Gasteiger partial charge in [-0.15, -0.1) is 0 Å². The molecule has 0 aromatic carbocycles. The van der Waals surface area contributed by atoms with Gasteiger partial charge in [0.15, 0.2) is 5.82 Å². The summed E-state index contributed by atoms with van der Waals surface area (Å²) >= 11 is 0. The zero-order chi connectivity index (χ0) is 14.6. The van der Waals surface area contributed by atoms with Crippen LogP contribution in [0.1, 0.15) is 31.5 Å². The summed E-state index contributed by atoms with van der Waals surface area (Å²) in [5.74, 6) is 1.38. The van der Waals surface area contributed by atoms with Gasteiger partial charge >= 0.3 is 0 Å². The Morgan fingerprint density at radius 3 is 2.55 bits per heavy atom. The van der Waals surface area contributed by atoms with Crippen LogP contribution in [0, 0.1) is 0 Å². The fourth-order valence-corrected chi connectivity index (χ4v) is 3.03. The molecule has 0 atom stereocenters. The van der Waals surface area contributed by atoms with Crippen molar-refractivity contribution < 1.29 is 12.9 Å². The molecule has 2 heterocycles. The van der Waals surface area contributed by atoms with Gasteiger partial charge in [-0.3, -0.25) is 4.90 Å². The van der Waals surface area contributed by atoms with E-state index in [0.29, 0.717) is 38.6 Å². The molecule has 20 heavy (non-hydrogen) atoms. The molecule has 114 valence electrons. The second kappa shape index (κ2) is 6.64. The Hall–Kier alpha value is -0.990. The highest BCUT2D eigenvalue weighted by molar-refractivity contribution is 7.88. The summed E-state index contributed by atoms with van der Waals surface area (Å²) in [4.78, 5) is 6.50. The lowest BCUT2D eigenvalue weighted by molar-refractivity contribution is 0.163. The molecular formula is C12H22N4O3S. The Balaban J connectivity index is 1.82. The standard InChI is InChI=1S/C12H22N4O3S/c1-3-4-5-11-13-12(19-14-11)10-15-6-8-16(9-7-15)20(2,17)18/h3-10H2,1-2H3. The van der Waals surface area contributed by atoms with Gasteiger partial charge in [-0.25, -0.2) is 8.42 Å². The van der Waals surface area contributed by atoms with Crippen LogP contribution >= 0.6 is 0 Å². The highest BCUT2D eigenvalue weighted by Crippen LogP contribution is 2.10. The molecule has 1 aliphatic heterocycles. The number of aromatic nitrogens is 2. The Kier molecular flexibility index (Phi) is 5.11. The van der Waals surface area contributed by atoms with E-state index in [2.05, 4.69) is 22.0 Å². The van der Waals surface area contributed by atoms with Crippen LogP contribution in [0.2, 0.25) is 0 Å². The van der Waals surface area contributed by atoms with E-state index >= 15 is 0 Å². The largest absolute Gasteiger partial charge is 0.338 e. The van der Waals surface area contributed by atoms with Gasteiger partial charge in [0, 0.05) is 32.6 Å². The van der Waals surface area contributed by atoms with E-state index in [0.717, 1.165) is 25.1 Å². The average molecular weight is 302 g/mol. The predicted octanol–water partition coefficient (Wildman–Crippen LogP) is 0.489. The highest BCUT2D eigenvalue weighted by Gasteiger charge is 2.24. The number of nitrogens with zero attached hydrogens (tertiary/aromatic N) is 4. The Morgan fingerprint density at radius 2 is 1.95 bits per heavy atom. The number of hydrogen-bond acceptors (Lipinski definition) is 6. The van der Waals surface area contributed by atoms with E-state index in [-0.39, 0.29) is 0 Å². The first kappa shape index (κ1) is 15.4. The van der Waals surface area contributed by atoms with E-state index in [1.165, 1.54) is 10.6 Å². The predicted molar refractivity (Wildman–Crippen MR) is 74.6 cm³/mol. The molecule has 0 saturated carbocycles. The lowest BCUT2D eigenvalue weighted by atomic mass is 10.2. The molecule has 0 aliphatic carbocycles. The van der Waals surface area contributed by atoms with Crippen LogP contribution in [0.5, 0.6) is 0 Å². The molecule has 1 aromatic rings. The van der Waals surface area contributed by atoms with Crippen LogP contribution in [0.15, 0.2) is 4.52 Å². The highest BCUT2D eigenvalue weighted by atomic mass is 32.2. The minimum Gasteiger partial charge on any atom is -0.338 e. The molecule has 0 amide bonds. The van der Waals surface area contributed by atoms with Gasteiger partial charge in [0.25, 0.3) is 0 Å². The molecule has 0 spiro atoms. The van der Waals surface area contributed by atoms with Crippen LogP contribution in [-0.2, 0) is 23.0 Å². The third kappa shape index (κ3) is 4.26. The van der Waals surface area contributed by atoms with Crippen molar-refractivity contribution in [3.8, 4) is 0 Å². The SMILES string of the molecule is CCCCc1noc(CN2CCN(S(C)(=O)=O)CC2)n1. The zero-order valence-corrected chi connectivity index (χ0v) is 12.9. The molecule has 2 rings (SSSR count). The Morgan fingerprint density at radius 1 is 1.25 bits per heavy atom. The van der Waals surface area contributed by atoms with Gasteiger partial charge < -0.3 is 4.52 Å². The number of rotatable bonds is 6. The summed E-state index contributed by atoms with van der Waals surface area (Å²) in [7, 11) is -3.07. The molecule has 0 bridgehead atoms. The quantitative estimate of drug-likeness (QED) is 0.761. The third-order valence-corrected chi connectivity index (χ3v) is 4.73. The van der Waals surface area contributed by atoms with Gasteiger partial charge in [0.1, 0.15) is 0 Å². The summed E-state index contributed by atoms with van der Waals surface area (Å²) in [6, 6.07) is 0. The number of piperazine rings is 1. The first-order valence-corrected chi connectivity index (χ1v) is 8.83. The first-order valence-electron chi connectivity index (χ1n) is 6.98. The van der Waals surface area contributed by atoms with E-state index < -0.39 is 10.0 Å². The van der Waals surface area contributed by atoms with Gasteiger partial charge in [-0.2, -0.15) is 9.29 Å². The van der Waals surface area contributed by atoms with E-state index in [9.17, 15) is 8.42 Å². The topological polar surface area (TPSA) is 79.5 Å². The molecule has 0 N–H and O–H groups in total. The number of aryl methyl sites for hydroxylation is 1. The molecule has 8 heteroatoms.